The molecule has 2 aliphatic heterocycles. The third-order valence-electron chi connectivity index (χ3n) is 2.41. The molecule has 0 saturated carbocycles. The monoisotopic (exact) mass is 306 g/mol. The molecule has 0 N–H and O–H groups in total. The van der Waals surface area contributed by atoms with Crippen molar-refractivity contribution in [3.05, 3.63) is 53.1 Å². The zero-order valence-corrected chi connectivity index (χ0v) is 11.1. The summed E-state index contributed by atoms with van der Waals surface area (Å²) in [5.74, 6) is -2.63. The summed E-state index contributed by atoms with van der Waals surface area (Å²) in [4.78, 5) is 42.0. The number of carbonyl (C=O) groups is 4. The summed E-state index contributed by atoms with van der Waals surface area (Å²) in [6, 6.07) is 8.69. The summed E-state index contributed by atoms with van der Waals surface area (Å²) in [5.41, 5.74) is 0.727. The lowest BCUT2D eigenvalue weighted by Crippen LogP contribution is -2.01. The summed E-state index contributed by atoms with van der Waals surface area (Å²) < 4.78 is 8.33. The summed E-state index contributed by atoms with van der Waals surface area (Å²) in [5, 5.41) is -0.152. The first kappa shape index (κ1) is 14.7. The van der Waals surface area contributed by atoms with E-state index in [0.717, 1.165) is 12.2 Å². The van der Waals surface area contributed by atoms with Gasteiger partial charge in [-0.25, -0.2) is 19.2 Å². The van der Waals surface area contributed by atoms with Crippen LogP contribution in [0.3, 0.4) is 0 Å². The van der Waals surface area contributed by atoms with Crippen LogP contribution in [0.25, 0.3) is 5.57 Å². The van der Waals surface area contributed by atoms with Crippen LogP contribution >= 0.6 is 11.6 Å². The smallest absolute Gasteiger partial charge is 0.358 e. The number of benzene rings is 1. The molecule has 1 aromatic carbocycles. The maximum atomic E-state index is 11.2. The maximum Gasteiger partial charge on any atom is 0.358 e. The first-order valence-electron chi connectivity index (χ1n) is 5.64. The molecule has 0 atom stereocenters. The number of esters is 4. The van der Waals surface area contributed by atoms with E-state index in [1.54, 1.807) is 30.3 Å². The van der Waals surface area contributed by atoms with E-state index >= 15 is 0 Å². The predicted octanol–water partition coefficient (Wildman–Crippen LogP) is 1.35. The molecule has 3 rings (SSSR count). The summed E-state index contributed by atoms with van der Waals surface area (Å²) >= 11 is 5.64. The molecule has 6 nitrogen and oxygen atoms in total. The van der Waals surface area contributed by atoms with Gasteiger partial charge in [0.15, 0.2) is 0 Å². The zero-order chi connectivity index (χ0) is 15.4. The van der Waals surface area contributed by atoms with Gasteiger partial charge in [-0.15, -0.1) is 0 Å². The van der Waals surface area contributed by atoms with Crippen molar-refractivity contribution in [3.8, 4) is 0 Å². The Bertz CT molecular complexity index is 671. The second-order valence-corrected chi connectivity index (χ2v) is 4.18. The minimum absolute atomic E-state index is 0.136. The van der Waals surface area contributed by atoms with Crippen LogP contribution < -0.4 is 0 Å². The largest absolute Gasteiger partial charge is 0.387 e. The Labute approximate surface area is 123 Å². The number of cyclic esters (lactones) is 4. The van der Waals surface area contributed by atoms with Crippen molar-refractivity contribution in [1.29, 1.82) is 0 Å². The van der Waals surface area contributed by atoms with Crippen LogP contribution in [-0.2, 0) is 28.7 Å². The van der Waals surface area contributed by atoms with Gasteiger partial charge in [-0.2, -0.15) is 0 Å². The average molecular weight is 307 g/mol. The van der Waals surface area contributed by atoms with E-state index in [-0.39, 0.29) is 10.6 Å². The minimum atomic E-state index is -0.782. The summed E-state index contributed by atoms with van der Waals surface area (Å²) in [6.45, 7) is 0. The molecule has 0 fully saturated rings. The van der Waals surface area contributed by atoms with E-state index < -0.39 is 23.9 Å². The molecular weight excluding hydrogens is 300 g/mol. The second kappa shape index (κ2) is 6.15. The molecule has 0 saturated heterocycles. The molecule has 0 aromatic heterocycles. The molecule has 2 aliphatic rings. The summed E-state index contributed by atoms with van der Waals surface area (Å²) in [6.07, 6.45) is 2.17. The van der Waals surface area contributed by atoms with Crippen molar-refractivity contribution >= 4 is 41.1 Å². The molecule has 1 aromatic rings. The topological polar surface area (TPSA) is 86.7 Å². The van der Waals surface area contributed by atoms with Crippen molar-refractivity contribution in [2.24, 2.45) is 0 Å². The molecule has 0 bridgehead atoms. The van der Waals surface area contributed by atoms with Crippen molar-refractivity contribution in [1.82, 2.24) is 0 Å². The Morgan fingerprint density at radius 3 is 1.71 bits per heavy atom. The van der Waals surface area contributed by atoms with Crippen LogP contribution in [-0.4, -0.2) is 23.9 Å². The highest BCUT2D eigenvalue weighted by Crippen LogP contribution is 2.29. The highest BCUT2D eigenvalue weighted by atomic mass is 35.5. The normalized spacial score (nSPS) is 16.6. The lowest BCUT2D eigenvalue weighted by Gasteiger charge is -1.97. The summed E-state index contributed by atoms with van der Waals surface area (Å²) in [7, 11) is 0. The fourth-order valence-corrected chi connectivity index (χ4v) is 1.75. The first-order chi connectivity index (χ1) is 9.99. The van der Waals surface area contributed by atoms with Gasteiger partial charge in [-0.1, -0.05) is 41.9 Å². The number of carbonyl (C=O) groups excluding carboxylic acids is 4. The van der Waals surface area contributed by atoms with Crippen LogP contribution in [0.2, 0.25) is 0 Å². The van der Waals surface area contributed by atoms with Gasteiger partial charge < -0.3 is 9.47 Å². The lowest BCUT2D eigenvalue weighted by molar-refractivity contribution is -0.151. The highest BCUT2D eigenvalue weighted by molar-refractivity contribution is 6.52. The van der Waals surface area contributed by atoms with Crippen LogP contribution in [0, 0.1) is 0 Å². The van der Waals surface area contributed by atoms with Gasteiger partial charge in [0.25, 0.3) is 0 Å². The van der Waals surface area contributed by atoms with E-state index in [4.69, 9.17) is 11.6 Å². The molecule has 7 heteroatoms. The van der Waals surface area contributed by atoms with Gasteiger partial charge >= 0.3 is 23.9 Å². The van der Waals surface area contributed by atoms with Crippen molar-refractivity contribution in [3.63, 3.8) is 0 Å². The molecule has 0 unspecified atom stereocenters. The first-order valence-corrected chi connectivity index (χ1v) is 6.02. The molecular formula is C14H7ClO6. The standard InChI is InChI=1S/C10H5ClO3.C4H2O3/c11-8-7(9(12)14-10(8)13)6-4-2-1-3-5-6;5-3-1-2-4(6)7-3/h1-5H;1-2H. The van der Waals surface area contributed by atoms with E-state index in [1.807, 2.05) is 0 Å². The van der Waals surface area contributed by atoms with Crippen molar-refractivity contribution in [2.45, 2.75) is 0 Å². The van der Waals surface area contributed by atoms with Crippen LogP contribution in [0.5, 0.6) is 0 Å². The molecule has 0 amide bonds. The molecule has 0 radical (unpaired) electrons. The van der Waals surface area contributed by atoms with Crippen molar-refractivity contribution in [2.75, 3.05) is 0 Å². The molecule has 106 valence electrons. The maximum absolute atomic E-state index is 11.2. The van der Waals surface area contributed by atoms with Crippen LogP contribution in [0.4, 0.5) is 0 Å². The number of rotatable bonds is 1. The van der Waals surface area contributed by atoms with Gasteiger partial charge in [0.05, 0.1) is 5.57 Å². The van der Waals surface area contributed by atoms with Gasteiger partial charge in [0.1, 0.15) is 5.03 Å². The SMILES string of the molecule is O=C1C=CC(=O)O1.O=C1OC(=O)C(c2ccccc2)=C1Cl. The Hall–Kier alpha value is -2.73. The van der Waals surface area contributed by atoms with Gasteiger partial charge in [0.2, 0.25) is 0 Å². The lowest BCUT2D eigenvalue weighted by atomic mass is 10.1. The molecule has 21 heavy (non-hydrogen) atoms. The van der Waals surface area contributed by atoms with E-state index in [2.05, 4.69) is 9.47 Å². The van der Waals surface area contributed by atoms with E-state index in [9.17, 15) is 19.2 Å². The van der Waals surface area contributed by atoms with Crippen molar-refractivity contribution < 1.29 is 28.7 Å². The van der Waals surface area contributed by atoms with Gasteiger partial charge in [-0.3, -0.25) is 0 Å². The number of hydrogen-bond donors (Lipinski definition) is 0. The Balaban J connectivity index is 0.000000194. The minimum Gasteiger partial charge on any atom is -0.387 e. The number of halogens is 1. The highest BCUT2D eigenvalue weighted by Gasteiger charge is 2.32. The molecule has 0 aliphatic carbocycles. The van der Waals surface area contributed by atoms with E-state index in [1.165, 1.54) is 0 Å². The molecule has 0 spiro atoms. The van der Waals surface area contributed by atoms with Crippen LogP contribution in [0.1, 0.15) is 5.56 Å². The number of ether oxygens (including phenoxy) is 2. The fourth-order valence-electron chi connectivity index (χ4n) is 1.52. The Morgan fingerprint density at radius 2 is 1.33 bits per heavy atom. The average Bonchev–Trinajstić information content (AvgIpc) is 2.95. The van der Waals surface area contributed by atoms with Gasteiger partial charge in [-0.05, 0) is 5.56 Å². The molecule has 2 heterocycles. The Morgan fingerprint density at radius 1 is 0.762 bits per heavy atom. The van der Waals surface area contributed by atoms with Crippen LogP contribution in [0.15, 0.2) is 47.5 Å². The van der Waals surface area contributed by atoms with E-state index in [0.29, 0.717) is 5.56 Å². The van der Waals surface area contributed by atoms with Gasteiger partial charge in [0, 0.05) is 12.2 Å². The predicted molar refractivity (Wildman–Crippen MR) is 70.6 cm³/mol. The second-order valence-electron chi connectivity index (χ2n) is 3.81. The Kier molecular flexibility index (Phi) is 4.30. The third kappa shape index (κ3) is 3.43. The quantitative estimate of drug-likeness (QED) is 0.575. The zero-order valence-electron chi connectivity index (χ0n) is 10.4. The third-order valence-corrected chi connectivity index (χ3v) is 2.75. The fraction of sp³-hybridized carbons (Fsp3) is 0. The number of hydrogen-bond acceptors (Lipinski definition) is 6.